The lowest BCUT2D eigenvalue weighted by atomic mass is 9.85. The molecule has 1 amide bonds. The van der Waals surface area contributed by atoms with Crippen molar-refractivity contribution in [2.24, 2.45) is 5.92 Å². The lowest BCUT2D eigenvalue weighted by Crippen LogP contribution is -2.32. The molecule has 1 saturated carbocycles. The van der Waals surface area contributed by atoms with Crippen LogP contribution in [0.3, 0.4) is 0 Å². The third-order valence-corrected chi connectivity index (χ3v) is 4.01. The van der Waals surface area contributed by atoms with Gasteiger partial charge in [-0.2, -0.15) is 13.2 Å². The number of rotatable bonds is 3. The molecule has 1 aromatic carbocycles. The summed E-state index contributed by atoms with van der Waals surface area (Å²) in [4.78, 5) is 11.9. The molecule has 104 valence electrons. The first kappa shape index (κ1) is 14.4. The second-order valence-corrected chi connectivity index (χ2v) is 5.55. The SMILES string of the molecule is O=C(NCC1CCC1)c1cc(C(F)(F)F)ccc1Br. The van der Waals surface area contributed by atoms with Gasteiger partial charge < -0.3 is 5.32 Å². The first-order valence-corrected chi connectivity index (χ1v) is 6.82. The Hall–Kier alpha value is -1.04. The van der Waals surface area contributed by atoms with Gasteiger partial charge in [-0.05, 0) is 52.9 Å². The quantitative estimate of drug-likeness (QED) is 0.888. The summed E-state index contributed by atoms with van der Waals surface area (Å²) >= 11 is 3.11. The van der Waals surface area contributed by atoms with Gasteiger partial charge in [0, 0.05) is 11.0 Å². The van der Waals surface area contributed by atoms with Gasteiger partial charge >= 0.3 is 6.18 Å². The van der Waals surface area contributed by atoms with Crippen LogP contribution in [0.4, 0.5) is 13.2 Å². The highest BCUT2D eigenvalue weighted by molar-refractivity contribution is 9.10. The summed E-state index contributed by atoms with van der Waals surface area (Å²) in [6, 6.07) is 3.08. The molecule has 1 aliphatic rings. The minimum absolute atomic E-state index is 0.0224. The van der Waals surface area contributed by atoms with Gasteiger partial charge in [0.1, 0.15) is 0 Å². The van der Waals surface area contributed by atoms with Crippen LogP contribution in [0.2, 0.25) is 0 Å². The van der Waals surface area contributed by atoms with Crippen LogP contribution < -0.4 is 5.32 Å². The van der Waals surface area contributed by atoms with E-state index in [4.69, 9.17) is 0 Å². The van der Waals surface area contributed by atoms with Crippen LogP contribution >= 0.6 is 15.9 Å². The van der Waals surface area contributed by atoms with Gasteiger partial charge in [0.05, 0.1) is 11.1 Å². The van der Waals surface area contributed by atoms with Gasteiger partial charge in [0.25, 0.3) is 5.91 Å². The summed E-state index contributed by atoms with van der Waals surface area (Å²) in [5.74, 6) is -0.00148. The molecule has 2 nitrogen and oxygen atoms in total. The second-order valence-electron chi connectivity index (χ2n) is 4.70. The molecule has 0 spiro atoms. The van der Waals surface area contributed by atoms with E-state index in [0.717, 1.165) is 31.4 Å². The maximum absolute atomic E-state index is 12.6. The fraction of sp³-hybridized carbons (Fsp3) is 0.462. The zero-order valence-electron chi connectivity index (χ0n) is 10.1. The number of benzene rings is 1. The smallest absolute Gasteiger partial charge is 0.352 e. The molecular formula is C13H13BrF3NO. The van der Waals surface area contributed by atoms with Crippen molar-refractivity contribution >= 4 is 21.8 Å². The lowest BCUT2D eigenvalue weighted by molar-refractivity contribution is -0.137. The van der Waals surface area contributed by atoms with Crippen LogP contribution in [0.15, 0.2) is 22.7 Å². The number of carbonyl (C=O) groups is 1. The number of hydrogen-bond donors (Lipinski definition) is 1. The number of amides is 1. The minimum Gasteiger partial charge on any atom is -0.352 e. The molecular weight excluding hydrogens is 323 g/mol. The van der Waals surface area contributed by atoms with E-state index in [9.17, 15) is 18.0 Å². The van der Waals surface area contributed by atoms with Gasteiger partial charge in [-0.15, -0.1) is 0 Å². The van der Waals surface area contributed by atoms with Gasteiger partial charge in [-0.3, -0.25) is 4.79 Å². The van der Waals surface area contributed by atoms with E-state index in [1.807, 2.05) is 0 Å². The molecule has 2 rings (SSSR count). The molecule has 0 aromatic heterocycles. The Balaban J connectivity index is 2.10. The summed E-state index contributed by atoms with van der Waals surface area (Å²) in [5.41, 5.74) is -0.793. The van der Waals surface area contributed by atoms with E-state index in [0.29, 0.717) is 16.9 Å². The van der Waals surface area contributed by atoms with Crippen molar-refractivity contribution in [3.05, 3.63) is 33.8 Å². The Kier molecular flexibility index (Phi) is 4.18. The van der Waals surface area contributed by atoms with Crippen molar-refractivity contribution in [3.63, 3.8) is 0 Å². The molecule has 0 atom stereocenters. The van der Waals surface area contributed by atoms with Crippen LogP contribution in [-0.2, 0) is 6.18 Å². The number of hydrogen-bond acceptors (Lipinski definition) is 1. The predicted octanol–water partition coefficient (Wildman–Crippen LogP) is 4.00. The zero-order chi connectivity index (χ0) is 14.0. The zero-order valence-corrected chi connectivity index (χ0v) is 11.6. The molecule has 1 fully saturated rings. The molecule has 1 N–H and O–H groups in total. The number of halogens is 4. The molecule has 0 aliphatic heterocycles. The van der Waals surface area contributed by atoms with Gasteiger partial charge in [-0.1, -0.05) is 6.42 Å². The van der Waals surface area contributed by atoms with Gasteiger partial charge in [0.2, 0.25) is 0 Å². The molecule has 6 heteroatoms. The van der Waals surface area contributed by atoms with Gasteiger partial charge in [-0.25, -0.2) is 0 Å². The largest absolute Gasteiger partial charge is 0.416 e. The number of alkyl halides is 3. The molecule has 1 aliphatic carbocycles. The van der Waals surface area contributed by atoms with Crippen molar-refractivity contribution in [1.29, 1.82) is 0 Å². The average Bonchev–Trinajstić information content (AvgIpc) is 2.25. The lowest BCUT2D eigenvalue weighted by Gasteiger charge is -2.25. The van der Waals surface area contributed by atoms with E-state index >= 15 is 0 Å². The van der Waals surface area contributed by atoms with Crippen molar-refractivity contribution < 1.29 is 18.0 Å². The van der Waals surface area contributed by atoms with Gasteiger partial charge in [0.15, 0.2) is 0 Å². The maximum Gasteiger partial charge on any atom is 0.416 e. The fourth-order valence-corrected chi connectivity index (χ4v) is 2.33. The topological polar surface area (TPSA) is 29.1 Å². The Morgan fingerprint density at radius 2 is 2.05 bits per heavy atom. The van der Waals surface area contributed by atoms with Crippen molar-refractivity contribution in [2.75, 3.05) is 6.54 Å². The number of carbonyl (C=O) groups excluding carboxylic acids is 1. The van der Waals surface area contributed by atoms with Crippen LogP contribution in [0.25, 0.3) is 0 Å². The van der Waals surface area contributed by atoms with Crippen LogP contribution in [0.5, 0.6) is 0 Å². The molecule has 0 unspecified atom stereocenters. The average molecular weight is 336 g/mol. The second kappa shape index (κ2) is 5.53. The van der Waals surface area contributed by atoms with Crippen molar-refractivity contribution in [3.8, 4) is 0 Å². The van der Waals surface area contributed by atoms with Crippen molar-refractivity contribution in [2.45, 2.75) is 25.4 Å². The summed E-state index contributed by atoms with van der Waals surface area (Å²) in [7, 11) is 0. The molecule has 0 heterocycles. The predicted molar refractivity (Wildman–Crippen MR) is 68.8 cm³/mol. The van der Waals surface area contributed by atoms with E-state index in [1.165, 1.54) is 6.07 Å². The summed E-state index contributed by atoms with van der Waals surface area (Å²) in [5, 5.41) is 2.68. The van der Waals surface area contributed by atoms with Crippen LogP contribution in [0, 0.1) is 5.92 Å². The Labute approximate surface area is 117 Å². The third kappa shape index (κ3) is 3.49. The molecule has 19 heavy (non-hydrogen) atoms. The highest BCUT2D eigenvalue weighted by Gasteiger charge is 2.31. The van der Waals surface area contributed by atoms with Crippen LogP contribution in [-0.4, -0.2) is 12.5 Å². The molecule has 1 aromatic rings. The Morgan fingerprint density at radius 1 is 1.37 bits per heavy atom. The molecule has 0 saturated heterocycles. The first-order chi connectivity index (χ1) is 8.88. The standard InChI is InChI=1S/C13H13BrF3NO/c14-11-5-4-9(13(15,16)17)6-10(11)12(19)18-7-8-2-1-3-8/h4-6,8H,1-3,7H2,(H,18,19). The Morgan fingerprint density at radius 3 is 2.58 bits per heavy atom. The van der Waals surface area contributed by atoms with E-state index in [-0.39, 0.29) is 5.56 Å². The highest BCUT2D eigenvalue weighted by atomic mass is 79.9. The third-order valence-electron chi connectivity index (χ3n) is 3.31. The minimum atomic E-state index is -4.44. The molecule has 0 bridgehead atoms. The van der Waals surface area contributed by atoms with Crippen molar-refractivity contribution in [1.82, 2.24) is 5.32 Å². The first-order valence-electron chi connectivity index (χ1n) is 6.03. The summed E-state index contributed by atoms with van der Waals surface area (Å²) < 4.78 is 38.1. The summed E-state index contributed by atoms with van der Waals surface area (Å²) in [6.07, 6.45) is -1.13. The van der Waals surface area contributed by atoms with Crippen LogP contribution in [0.1, 0.15) is 35.2 Å². The van der Waals surface area contributed by atoms with E-state index in [1.54, 1.807) is 0 Å². The number of nitrogens with one attached hydrogen (secondary N) is 1. The van der Waals surface area contributed by atoms with E-state index < -0.39 is 17.6 Å². The Bertz CT molecular complexity index is 483. The monoisotopic (exact) mass is 335 g/mol. The normalized spacial score (nSPS) is 16.0. The molecule has 0 radical (unpaired) electrons. The summed E-state index contributed by atoms with van der Waals surface area (Å²) in [6.45, 7) is 0.529. The van der Waals surface area contributed by atoms with E-state index in [2.05, 4.69) is 21.2 Å². The fourth-order valence-electron chi connectivity index (χ4n) is 1.90. The maximum atomic E-state index is 12.6. The highest BCUT2D eigenvalue weighted by Crippen LogP contribution is 2.32.